The molecule has 2 aromatic heterocycles. The van der Waals surface area contributed by atoms with E-state index < -0.39 is 0 Å². The van der Waals surface area contributed by atoms with E-state index in [1.165, 1.54) is 16.3 Å². The van der Waals surface area contributed by atoms with Gasteiger partial charge in [0.2, 0.25) is 0 Å². The van der Waals surface area contributed by atoms with Crippen LogP contribution >= 0.6 is 23.1 Å². The van der Waals surface area contributed by atoms with Gasteiger partial charge in [-0.25, -0.2) is 4.39 Å². The first-order chi connectivity index (χ1) is 11.6. The normalized spacial score (nSPS) is 11.0. The number of thiophene rings is 1. The molecule has 6 heteroatoms. The lowest BCUT2D eigenvalue weighted by Crippen LogP contribution is -2.23. The molecule has 0 atom stereocenters. The van der Waals surface area contributed by atoms with Gasteiger partial charge in [0.1, 0.15) is 5.82 Å². The monoisotopic (exact) mass is 360 g/mol. The molecule has 3 rings (SSSR count). The molecule has 0 unspecified atom stereocenters. The Morgan fingerprint density at radius 2 is 2.21 bits per heavy atom. The van der Waals surface area contributed by atoms with E-state index in [4.69, 9.17) is 0 Å². The van der Waals surface area contributed by atoms with Crippen molar-refractivity contribution in [2.45, 2.75) is 24.6 Å². The number of pyridine rings is 1. The molecule has 24 heavy (non-hydrogen) atoms. The number of hydrogen-bond donors (Lipinski definition) is 1. The molecule has 0 radical (unpaired) electrons. The lowest BCUT2D eigenvalue weighted by atomic mass is 10.1. The van der Waals surface area contributed by atoms with Gasteiger partial charge in [-0.2, -0.15) is 0 Å². The first-order valence-corrected chi connectivity index (χ1v) is 9.43. The van der Waals surface area contributed by atoms with Gasteiger partial charge in [-0.3, -0.25) is 9.78 Å². The van der Waals surface area contributed by atoms with E-state index in [0.717, 1.165) is 27.1 Å². The van der Waals surface area contributed by atoms with Crippen LogP contribution in [-0.2, 0) is 6.54 Å². The van der Waals surface area contributed by atoms with Gasteiger partial charge in [-0.1, -0.05) is 19.1 Å². The minimum absolute atomic E-state index is 0.191. The highest BCUT2D eigenvalue weighted by atomic mass is 32.2. The van der Waals surface area contributed by atoms with Crippen LogP contribution < -0.4 is 5.32 Å². The fourth-order valence-electron chi connectivity index (χ4n) is 2.44. The molecule has 0 aliphatic carbocycles. The van der Waals surface area contributed by atoms with Gasteiger partial charge in [-0.05, 0) is 42.0 Å². The molecule has 0 saturated heterocycles. The Balaban J connectivity index is 1.80. The number of fused-ring (bicyclic) bond motifs is 1. The van der Waals surface area contributed by atoms with Crippen LogP contribution in [0.4, 0.5) is 4.39 Å². The molecule has 0 fully saturated rings. The van der Waals surface area contributed by atoms with Gasteiger partial charge < -0.3 is 5.32 Å². The first kappa shape index (κ1) is 16.9. The van der Waals surface area contributed by atoms with Crippen molar-refractivity contribution in [3.05, 3.63) is 59.0 Å². The van der Waals surface area contributed by atoms with Gasteiger partial charge in [0, 0.05) is 12.7 Å². The van der Waals surface area contributed by atoms with Gasteiger partial charge >= 0.3 is 0 Å². The molecule has 0 bridgehead atoms. The van der Waals surface area contributed by atoms with Crippen molar-refractivity contribution in [1.29, 1.82) is 0 Å². The highest BCUT2D eigenvalue weighted by molar-refractivity contribution is 8.01. The second-order valence-corrected chi connectivity index (χ2v) is 7.94. The van der Waals surface area contributed by atoms with E-state index in [0.29, 0.717) is 5.56 Å². The minimum atomic E-state index is -0.305. The Bertz CT molecular complexity index is 892. The van der Waals surface area contributed by atoms with E-state index in [2.05, 4.69) is 23.3 Å². The molecule has 3 nitrogen and oxygen atoms in total. The number of carbonyl (C=O) groups excluding carboxylic acids is 1. The topological polar surface area (TPSA) is 42.0 Å². The number of carbonyl (C=O) groups is 1. The predicted molar refractivity (Wildman–Crippen MR) is 98.3 cm³/mol. The van der Waals surface area contributed by atoms with Crippen molar-refractivity contribution in [3.63, 3.8) is 0 Å². The third-order valence-electron chi connectivity index (χ3n) is 3.64. The summed E-state index contributed by atoms with van der Waals surface area (Å²) in [5.74, 6) is 0.511. The summed E-state index contributed by atoms with van der Waals surface area (Å²) in [5, 5.41) is 2.83. The van der Waals surface area contributed by atoms with E-state index in [1.807, 2.05) is 6.92 Å². The molecule has 0 saturated carbocycles. The van der Waals surface area contributed by atoms with Crippen LogP contribution in [0.2, 0.25) is 0 Å². The summed E-state index contributed by atoms with van der Waals surface area (Å²) in [6.45, 7) is 4.34. The number of aromatic nitrogens is 1. The summed E-state index contributed by atoms with van der Waals surface area (Å²) in [4.78, 5) is 16.9. The van der Waals surface area contributed by atoms with E-state index in [-0.39, 0.29) is 18.3 Å². The molecular weight excluding hydrogens is 343 g/mol. The van der Waals surface area contributed by atoms with Crippen molar-refractivity contribution in [1.82, 2.24) is 10.3 Å². The smallest absolute Gasteiger partial charge is 0.253 e. The fraction of sp³-hybridized carbons (Fsp3) is 0.222. The van der Waals surface area contributed by atoms with Crippen LogP contribution in [0.1, 0.15) is 28.4 Å². The number of amides is 1. The van der Waals surface area contributed by atoms with Crippen molar-refractivity contribution in [3.8, 4) is 0 Å². The van der Waals surface area contributed by atoms with Crippen LogP contribution in [0.25, 0.3) is 10.2 Å². The van der Waals surface area contributed by atoms with Gasteiger partial charge in [0.15, 0.2) is 0 Å². The zero-order valence-electron chi connectivity index (χ0n) is 13.4. The van der Waals surface area contributed by atoms with Crippen molar-refractivity contribution in [2.75, 3.05) is 5.75 Å². The highest BCUT2D eigenvalue weighted by Crippen LogP contribution is 2.34. The molecule has 124 valence electrons. The van der Waals surface area contributed by atoms with E-state index >= 15 is 0 Å². The van der Waals surface area contributed by atoms with Crippen molar-refractivity contribution in [2.24, 2.45) is 0 Å². The second kappa shape index (κ2) is 7.32. The highest BCUT2D eigenvalue weighted by Gasteiger charge is 2.14. The Labute approximate surface area is 148 Å². The van der Waals surface area contributed by atoms with Crippen molar-refractivity contribution >= 4 is 39.2 Å². The first-order valence-electron chi connectivity index (χ1n) is 7.63. The molecular formula is C18H17FN2OS2. The summed E-state index contributed by atoms with van der Waals surface area (Å²) >= 11 is 3.44. The molecule has 0 aliphatic rings. The summed E-state index contributed by atoms with van der Waals surface area (Å²) in [5.41, 5.74) is 3.15. The minimum Gasteiger partial charge on any atom is -0.348 e. The predicted octanol–water partition coefficient (Wildman–Crippen LogP) is 4.79. The lowest BCUT2D eigenvalue weighted by Gasteiger charge is -2.08. The average Bonchev–Trinajstić information content (AvgIpc) is 2.97. The quantitative estimate of drug-likeness (QED) is 0.666. The van der Waals surface area contributed by atoms with Crippen molar-refractivity contribution < 1.29 is 9.18 Å². The SMILES string of the molecule is CCSc1cc2ncc(C(=O)NCc3cccc(F)c3)c(C)c2s1. The van der Waals surface area contributed by atoms with Crippen LogP contribution in [0.3, 0.4) is 0 Å². The number of nitrogens with one attached hydrogen (secondary N) is 1. The summed E-state index contributed by atoms with van der Waals surface area (Å²) in [6.07, 6.45) is 1.62. The van der Waals surface area contributed by atoms with Crippen LogP contribution in [0, 0.1) is 12.7 Å². The molecule has 1 N–H and O–H groups in total. The zero-order valence-corrected chi connectivity index (χ0v) is 15.1. The maximum atomic E-state index is 13.2. The Kier molecular flexibility index (Phi) is 5.16. The number of rotatable bonds is 5. The summed E-state index contributed by atoms with van der Waals surface area (Å²) in [7, 11) is 0. The maximum absolute atomic E-state index is 13.2. The Morgan fingerprint density at radius 1 is 1.38 bits per heavy atom. The third kappa shape index (κ3) is 3.60. The van der Waals surface area contributed by atoms with Crippen LogP contribution in [-0.4, -0.2) is 16.6 Å². The Hall–Kier alpha value is -1.92. The Morgan fingerprint density at radius 3 is 2.96 bits per heavy atom. The fourth-order valence-corrected chi connectivity index (χ4v) is 4.61. The zero-order chi connectivity index (χ0) is 17.1. The number of aryl methyl sites for hydroxylation is 1. The molecule has 1 aromatic carbocycles. The molecule has 1 amide bonds. The molecule has 0 spiro atoms. The maximum Gasteiger partial charge on any atom is 0.253 e. The van der Waals surface area contributed by atoms with E-state index in [9.17, 15) is 9.18 Å². The van der Waals surface area contributed by atoms with Gasteiger partial charge in [-0.15, -0.1) is 23.1 Å². The number of hydrogen-bond acceptors (Lipinski definition) is 4. The summed E-state index contributed by atoms with van der Waals surface area (Å²) in [6, 6.07) is 8.28. The van der Waals surface area contributed by atoms with Gasteiger partial charge in [0.05, 0.1) is 20.0 Å². The van der Waals surface area contributed by atoms with E-state index in [1.54, 1.807) is 41.4 Å². The number of benzene rings is 1. The standard InChI is InChI=1S/C18H17FN2OS2/c1-3-23-16-8-15-17(24-16)11(2)14(10-20-15)18(22)21-9-12-5-4-6-13(19)7-12/h4-8,10H,3,9H2,1-2H3,(H,21,22). The molecule has 2 heterocycles. The third-order valence-corrected chi connectivity index (χ3v) is 5.97. The number of nitrogens with zero attached hydrogens (tertiary/aromatic N) is 1. The summed E-state index contributed by atoms with van der Waals surface area (Å²) < 4.78 is 15.4. The number of halogens is 1. The number of thioether (sulfide) groups is 1. The van der Waals surface area contributed by atoms with Crippen LogP contribution in [0.15, 0.2) is 40.7 Å². The molecule has 0 aliphatic heterocycles. The average molecular weight is 360 g/mol. The second-order valence-electron chi connectivity index (χ2n) is 5.32. The lowest BCUT2D eigenvalue weighted by molar-refractivity contribution is 0.0950. The van der Waals surface area contributed by atoms with Gasteiger partial charge in [0.25, 0.3) is 5.91 Å². The molecule has 3 aromatic rings. The van der Waals surface area contributed by atoms with Crippen LogP contribution in [0.5, 0.6) is 0 Å². The largest absolute Gasteiger partial charge is 0.348 e.